The summed E-state index contributed by atoms with van der Waals surface area (Å²) in [4.78, 5) is 9.08. The van der Waals surface area contributed by atoms with Gasteiger partial charge in [-0.1, -0.05) is 30.3 Å². The Morgan fingerprint density at radius 3 is 2.44 bits per heavy atom. The minimum atomic E-state index is 0.114. The fraction of sp³-hybridized carbons (Fsp3) is 0.185. The van der Waals surface area contributed by atoms with Crippen molar-refractivity contribution in [1.29, 1.82) is 0 Å². The van der Waals surface area contributed by atoms with Crippen LogP contribution in [0.25, 0.3) is 10.9 Å². The molecule has 34 heavy (non-hydrogen) atoms. The van der Waals surface area contributed by atoms with Gasteiger partial charge in [0.25, 0.3) is 6.02 Å². The molecular formula is C27H25N3O4. The second-order valence-corrected chi connectivity index (χ2v) is 7.87. The van der Waals surface area contributed by atoms with Gasteiger partial charge in [-0.05, 0) is 48.4 Å². The molecule has 1 aliphatic rings. The highest BCUT2D eigenvalue weighted by atomic mass is 16.5. The van der Waals surface area contributed by atoms with Crippen LogP contribution in [0.1, 0.15) is 5.56 Å². The Labute approximate surface area is 198 Å². The van der Waals surface area contributed by atoms with Crippen molar-refractivity contribution in [3.05, 3.63) is 84.6 Å². The van der Waals surface area contributed by atoms with Gasteiger partial charge in [-0.3, -0.25) is 4.98 Å². The fourth-order valence-corrected chi connectivity index (χ4v) is 3.87. The lowest BCUT2D eigenvalue weighted by Gasteiger charge is -2.12. The molecule has 0 amide bonds. The largest absolute Gasteiger partial charge is 0.493 e. The lowest BCUT2D eigenvalue weighted by Crippen LogP contribution is -2.11. The van der Waals surface area contributed by atoms with Gasteiger partial charge in [0, 0.05) is 23.3 Å². The maximum absolute atomic E-state index is 6.15. The predicted octanol–water partition coefficient (Wildman–Crippen LogP) is 5.45. The molecule has 0 saturated heterocycles. The number of fused-ring (bicyclic) bond motifs is 1. The first-order chi connectivity index (χ1) is 16.7. The van der Waals surface area contributed by atoms with Crippen LogP contribution in [0.3, 0.4) is 0 Å². The van der Waals surface area contributed by atoms with Gasteiger partial charge in [0.05, 0.1) is 25.8 Å². The second-order valence-electron chi connectivity index (χ2n) is 7.87. The zero-order valence-electron chi connectivity index (χ0n) is 19.0. The summed E-state index contributed by atoms with van der Waals surface area (Å²) < 4.78 is 22.7. The Balaban J connectivity index is 1.27. The Bertz CT molecular complexity index is 1310. The number of rotatable bonds is 7. The molecule has 0 bridgehead atoms. The number of methoxy groups -OCH3 is 2. The maximum atomic E-state index is 6.15. The monoisotopic (exact) mass is 455 g/mol. The van der Waals surface area contributed by atoms with Crippen molar-refractivity contribution in [1.82, 2.24) is 4.98 Å². The van der Waals surface area contributed by atoms with Crippen LogP contribution >= 0.6 is 0 Å². The third-order valence-electron chi connectivity index (χ3n) is 5.57. The second kappa shape index (κ2) is 9.70. The molecule has 1 N–H and O–H groups in total. The number of anilines is 1. The first-order valence-corrected chi connectivity index (χ1v) is 11.0. The third kappa shape index (κ3) is 4.73. The molecular weight excluding hydrogens is 430 g/mol. The number of amidine groups is 1. The summed E-state index contributed by atoms with van der Waals surface area (Å²) in [5.41, 5.74) is 2.88. The van der Waals surface area contributed by atoms with Gasteiger partial charge >= 0.3 is 0 Å². The minimum absolute atomic E-state index is 0.114. The molecule has 1 unspecified atom stereocenters. The first kappa shape index (κ1) is 21.6. The van der Waals surface area contributed by atoms with Crippen LogP contribution in [0, 0.1) is 0 Å². The van der Waals surface area contributed by atoms with E-state index in [1.165, 1.54) is 5.56 Å². The molecule has 0 aliphatic carbocycles. The van der Waals surface area contributed by atoms with E-state index in [2.05, 4.69) is 27.4 Å². The Morgan fingerprint density at radius 2 is 1.68 bits per heavy atom. The average molecular weight is 456 g/mol. The molecule has 172 valence electrons. The molecule has 1 aliphatic heterocycles. The van der Waals surface area contributed by atoms with Crippen LogP contribution < -0.4 is 19.5 Å². The zero-order valence-corrected chi connectivity index (χ0v) is 19.0. The summed E-state index contributed by atoms with van der Waals surface area (Å²) in [6.45, 7) is 0.571. The predicted molar refractivity (Wildman–Crippen MR) is 132 cm³/mol. The molecule has 4 aromatic rings. The molecule has 7 heteroatoms. The van der Waals surface area contributed by atoms with E-state index in [1.54, 1.807) is 20.4 Å². The fourth-order valence-electron chi connectivity index (χ4n) is 3.87. The summed E-state index contributed by atoms with van der Waals surface area (Å²) in [6, 6.07) is 24.2. The molecule has 0 fully saturated rings. The highest BCUT2D eigenvalue weighted by Crippen LogP contribution is 2.37. The summed E-state index contributed by atoms with van der Waals surface area (Å²) >= 11 is 0. The van der Waals surface area contributed by atoms with E-state index >= 15 is 0 Å². The first-order valence-electron chi connectivity index (χ1n) is 11.0. The Hall–Kier alpha value is -4.26. The molecule has 5 rings (SSSR count). The number of hydrogen-bond donors (Lipinski definition) is 1. The molecule has 2 heterocycles. The number of aliphatic imine (C=N–C) groups is 1. The van der Waals surface area contributed by atoms with E-state index in [4.69, 9.17) is 18.9 Å². The number of pyridine rings is 1. The van der Waals surface area contributed by atoms with Gasteiger partial charge < -0.3 is 24.3 Å². The number of benzene rings is 3. The van der Waals surface area contributed by atoms with Gasteiger partial charge in [0.2, 0.25) is 0 Å². The molecule has 1 aromatic heterocycles. The quantitative estimate of drug-likeness (QED) is 0.399. The molecule has 1 atom stereocenters. The zero-order chi connectivity index (χ0) is 23.3. The molecule has 0 spiro atoms. The van der Waals surface area contributed by atoms with Gasteiger partial charge in [0.15, 0.2) is 11.5 Å². The highest BCUT2D eigenvalue weighted by molar-refractivity contribution is 5.90. The van der Waals surface area contributed by atoms with Crippen molar-refractivity contribution < 1.29 is 18.9 Å². The van der Waals surface area contributed by atoms with Crippen LogP contribution in [0.2, 0.25) is 0 Å². The molecule has 7 nitrogen and oxygen atoms in total. The van der Waals surface area contributed by atoms with E-state index < -0.39 is 0 Å². The number of aromatic nitrogens is 1. The molecule has 0 saturated carbocycles. The summed E-state index contributed by atoms with van der Waals surface area (Å²) in [6.07, 6.45) is 2.57. The summed E-state index contributed by atoms with van der Waals surface area (Å²) in [5.74, 6) is 2.62. The SMILES string of the molecule is COc1cc2nccc(Oc3ccc(NC4=NC(Cc5ccccc5)CO4)cc3)c2cc1OC. The lowest BCUT2D eigenvalue weighted by atomic mass is 10.1. The van der Waals surface area contributed by atoms with Gasteiger partial charge in [-0.2, -0.15) is 0 Å². The van der Waals surface area contributed by atoms with Crippen LogP contribution in [-0.2, 0) is 11.2 Å². The van der Waals surface area contributed by atoms with Crippen molar-refractivity contribution in [2.75, 3.05) is 26.1 Å². The van der Waals surface area contributed by atoms with Gasteiger partial charge in [-0.15, -0.1) is 0 Å². The van der Waals surface area contributed by atoms with Crippen LogP contribution in [0.4, 0.5) is 5.69 Å². The molecule has 0 radical (unpaired) electrons. The van der Waals surface area contributed by atoms with Crippen LogP contribution in [-0.4, -0.2) is 37.9 Å². The van der Waals surface area contributed by atoms with Crippen molar-refractivity contribution in [3.8, 4) is 23.0 Å². The maximum Gasteiger partial charge on any atom is 0.289 e. The molecule has 3 aromatic carbocycles. The van der Waals surface area contributed by atoms with Crippen molar-refractivity contribution in [2.45, 2.75) is 12.5 Å². The average Bonchev–Trinajstić information content (AvgIpc) is 3.31. The van der Waals surface area contributed by atoms with Crippen molar-refractivity contribution in [3.63, 3.8) is 0 Å². The van der Waals surface area contributed by atoms with E-state index in [1.807, 2.05) is 60.7 Å². The number of nitrogens with zero attached hydrogens (tertiary/aromatic N) is 2. The minimum Gasteiger partial charge on any atom is -0.493 e. The van der Waals surface area contributed by atoms with Gasteiger partial charge in [-0.25, -0.2) is 4.99 Å². The summed E-state index contributed by atoms with van der Waals surface area (Å²) in [5, 5.41) is 4.07. The lowest BCUT2D eigenvalue weighted by molar-refractivity contribution is 0.315. The Kier molecular flexibility index (Phi) is 6.16. The topological polar surface area (TPSA) is 74.2 Å². The van der Waals surface area contributed by atoms with E-state index in [0.29, 0.717) is 35.6 Å². The number of ether oxygens (including phenoxy) is 4. The van der Waals surface area contributed by atoms with Crippen molar-refractivity contribution in [2.24, 2.45) is 4.99 Å². The normalized spacial score (nSPS) is 14.9. The van der Waals surface area contributed by atoms with E-state index in [9.17, 15) is 0 Å². The van der Waals surface area contributed by atoms with Crippen LogP contribution in [0.5, 0.6) is 23.0 Å². The van der Waals surface area contributed by atoms with E-state index in [-0.39, 0.29) is 6.04 Å². The summed E-state index contributed by atoms with van der Waals surface area (Å²) in [7, 11) is 3.21. The van der Waals surface area contributed by atoms with E-state index in [0.717, 1.165) is 23.0 Å². The van der Waals surface area contributed by atoms with Gasteiger partial charge in [0.1, 0.15) is 18.1 Å². The highest BCUT2D eigenvalue weighted by Gasteiger charge is 2.19. The number of hydrogen-bond acceptors (Lipinski definition) is 7. The Morgan fingerprint density at radius 1 is 0.912 bits per heavy atom. The standard InChI is InChI=1S/C27H25N3O4/c1-31-25-15-22-23(16-26(25)32-2)28-13-12-24(22)34-21-10-8-19(9-11-21)29-27-30-20(17-33-27)14-18-6-4-3-5-7-18/h3-13,15-16,20H,14,17H2,1-2H3,(H,29,30). The van der Waals surface area contributed by atoms with Crippen molar-refractivity contribution >= 4 is 22.6 Å². The van der Waals surface area contributed by atoms with Crippen LogP contribution in [0.15, 0.2) is 84.0 Å². The smallest absolute Gasteiger partial charge is 0.289 e. The number of nitrogens with one attached hydrogen (secondary N) is 1. The third-order valence-corrected chi connectivity index (χ3v) is 5.57.